The number of aryl methyl sites for hydroxylation is 2. The topological polar surface area (TPSA) is 12.0 Å². The molecule has 0 aliphatic rings. The third-order valence-electron chi connectivity index (χ3n) is 2.85. The predicted molar refractivity (Wildman–Crippen MR) is 75.2 cm³/mol. The molecular formula is C14H23NS. The minimum atomic E-state index is 1.00. The lowest BCUT2D eigenvalue weighted by molar-refractivity contribution is 0.643. The van der Waals surface area contributed by atoms with Crippen LogP contribution in [0.2, 0.25) is 0 Å². The van der Waals surface area contributed by atoms with Gasteiger partial charge in [-0.3, -0.25) is 0 Å². The Morgan fingerprint density at radius 1 is 1.12 bits per heavy atom. The number of hydrogen-bond donors (Lipinski definition) is 1. The third kappa shape index (κ3) is 5.04. The Hall–Kier alpha value is -0.470. The molecule has 90 valence electrons. The molecule has 1 aromatic carbocycles. The number of hydrogen-bond acceptors (Lipinski definition) is 2. The van der Waals surface area contributed by atoms with Gasteiger partial charge in [0, 0.05) is 6.54 Å². The van der Waals surface area contributed by atoms with Gasteiger partial charge < -0.3 is 5.32 Å². The Kier molecular flexibility index (Phi) is 6.58. The maximum atomic E-state index is 3.50. The van der Waals surface area contributed by atoms with Crippen molar-refractivity contribution in [3.05, 3.63) is 34.9 Å². The van der Waals surface area contributed by atoms with Crippen LogP contribution in [0.4, 0.5) is 0 Å². The molecule has 0 saturated carbocycles. The molecular weight excluding hydrogens is 214 g/mol. The van der Waals surface area contributed by atoms with Crippen molar-refractivity contribution < 1.29 is 0 Å². The van der Waals surface area contributed by atoms with Crippen molar-refractivity contribution in [3.8, 4) is 0 Å². The van der Waals surface area contributed by atoms with Crippen LogP contribution in [-0.2, 0) is 6.54 Å². The first-order chi connectivity index (χ1) is 7.74. The van der Waals surface area contributed by atoms with Crippen LogP contribution in [0.3, 0.4) is 0 Å². The van der Waals surface area contributed by atoms with Crippen molar-refractivity contribution in [2.75, 3.05) is 18.6 Å². The van der Waals surface area contributed by atoms with Crippen LogP contribution in [-0.4, -0.2) is 18.6 Å². The molecule has 0 spiro atoms. The average Bonchev–Trinajstić information content (AvgIpc) is 2.28. The molecule has 0 radical (unpaired) electrons. The van der Waals surface area contributed by atoms with Crippen LogP contribution in [0.25, 0.3) is 0 Å². The molecule has 1 aromatic rings. The highest BCUT2D eigenvalue weighted by Crippen LogP contribution is 2.09. The highest BCUT2D eigenvalue weighted by molar-refractivity contribution is 7.98. The first-order valence-corrected chi connectivity index (χ1v) is 7.39. The summed E-state index contributed by atoms with van der Waals surface area (Å²) in [4.78, 5) is 0. The van der Waals surface area contributed by atoms with Crippen LogP contribution in [0.5, 0.6) is 0 Å². The average molecular weight is 237 g/mol. The molecule has 0 fully saturated rings. The first kappa shape index (κ1) is 13.6. The second-order valence-electron chi connectivity index (χ2n) is 4.30. The molecule has 1 nitrogen and oxygen atoms in total. The Bertz CT molecular complexity index is 310. The van der Waals surface area contributed by atoms with Gasteiger partial charge in [0.1, 0.15) is 0 Å². The molecule has 0 heterocycles. The zero-order valence-electron chi connectivity index (χ0n) is 10.7. The number of unbranched alkanes of at least 4 members (excludes halogenated alkanes) is 1. The molecule has 0 saturated heterocycles. The number of benzene rings is 1. The Morgan fingerprint density at radius 2 is 1.94 bits per heavy atom. The summed E-state index contributed by atoms with van der Waals surface area (Å²) in [5.74, 6) is 1.28. The summed E-state index contributed by atoms with van der Waals surface area (Å²) >= 11 is 1.93. The largest absolute Gasteiger partial charge is 0.313 e. The van der Waals surface area contributed by atoms with E-state index in [1.54, 1.807) is 0 Å². The molecule has 0 aromatic heterocycles. The second-order valence-corrected chi connectivity index (χ2v) is 5.28. The van der Waals surface area contributed by atoms with Gasteiger partial charge in [-0.25, -0.2) is 0 Å². The zero-order valence-corrected chi connectivity index (χ0v) is 11.5. The molecule has 0 unspecified atom stereocenters. The van der Waals surface area contributed by atoms with Gasteiger partial charge in [0.25, 0.3) is 0 Å². The maximum Gasteiger partial charge on any atom is 0.0205 e. The first-order valence-electron chi connectivity index (χ1n) is 6.00. The van der Waals surface area contributed by atoms with Crippen molar-refractivity contribution in [1.29, 1.82) is 0 Å². The summed E-state index contributed by atoms with van der Waals surface area (Å²) in [6, 6.07) is 6.71. The van der Waals surface area contributed by atoms with Gasteiger partial charge in [0.05, 0.1) is 0 Å². The van der Waals surface area contributed by atoms with Crippen LogP contribution in [0.1, 0.15) is 29.5 Å². The van der Waals surface area contributed by atoms with Gasteiger partial charge in [-0.2, -0.15) is 11.8 Å². The van der Waals surface area contributed by atoms with Crippen LogP contribution >= 0.6 is 11.8 Å². The monoisotopic (exact) mass is 237 g/mol. The van der Waals surface area contributed by atoms with E-state index in [-0.39, 0.29) is 0 Å². The Labute approximate surface area is 104 Å². The van der Waals surface area contributed by atoms with E-state index in [1.807, 2.05) is 11.8 Å². The standard InChI is InChI=1S/C14H23NS/c1-12-6-7-14(10-13(12)2)11-15-8-4-5-9-16-3/h6-7,10,15H,4-5,8-9,11H2,1-3H3. The third-order valence-corrected chi connectivity index (χ3v) is 3.55. The summed E-state index contributed by atoms with van der Waals surface area (Å²) < 4.78 is 0. The Morgan fingerprint density at radius 3 is 2.62 bits per heavy atom. The summed E-state index contributed by atoms with van der Waals surface area (Å²) in [7, 11) is 0. The van der Waals surface area contributed by atoms with E-state index in [2.05, 4.69) is 43.6 Å². The van der Waals surface area contributed by atoms with Gasteiger partial charge in [-0.1, -0.05) is 18.2 Å². The molecule has 0 aliphatic heterocycles. The second kappa shape index (κ2) is 7.75. The highest BCUT2D eigenvalue weighted by Gasteiger charge is 1.96. The fraction of sp³-hybridized carbons (Fsp3) is 0.571. The number of thioether (sulfide) groups is 1. The smallest absolute Gasteiger partial charge is 0.0205 e. The van der Waals surface area contributed by atoms with Crippen LogP contribution in [0, 0.1) is 13.8 Å². The molecule has 1 rings (SSSR count). The fourth-order valence-corrected chi connectivity index (χ4v) is 2.14. The predicted octanol–water partition coefficient (Wildman–Crippen LogP) is 3.54. The van der Waals surface area contributed by atoms with Crippen molar-refractivity contribution in [1.82, 2.24) is 5.32 Å². The fourth-order valence-electron chi connectivity index (χ4n) is 1.64. The van der Waals surface area contributed by atoms with E-state index in [0.717, 1.165) is 13.1 Å². The van der Waals surface area contributed by atoms with Crippen molar-refractivity contribution in [3.63, 3.8) is 0 Å². The normalized spacial score (nSPS) is 10.7. The van der Waals surface area contributed by atoms with Crippen LogP contribution < -0.4 is 5.32 Å². The highest BCUT2D eigenvalue weighted by atomic mass is 32.2. The summed E-state index contributed by atoms with van der Waals surface area (Å²) in [5, 5.41) is 3.50. The van der Waals surface area contributed by atoms with E-state index in [4.69, 9.17) is 0 Å². The molecule has 16 heavy (non-hydrogen) atoms. The van der Waals surface area contributed by atoms with E-state index >= 15 is 0 Å². The van der Waals surface area contributed by atoms with E-state index < -0.39 is 0 Å². The molecule has 0 aliphatic carbocycles. The van der Waals surface area contributed by atoms with E-state index in [9.17, 15) is 0 Å². The van der Waals surface area contributed by atoms with Gasteiger partial charge in [-0.15, -0.1) is 0 Å². The van der Waals surface area contributed by atoms with Crippen molar-refractivity contribution in [2.24, 2.45) is 0 Å². The van der Waals surface area contributed by atoms with E-state index in [0.29, 0.717) is 0 Å². The molecule has 2 heteroatoms. The van der Waals surface area contributed by atoms with Crippen molar-refractivity contribution in [2.45, 2.75) is 33.2 Å². The lowest BCUT2D eigenvalue weighted by Gasteiger charge is -2.07. The minimum Gasteiger partial charge on any atom is -0.313 e. The molecule has 0 amide bonds. The quantitative estimate of drug-likeness (QED) is 0.728. The lowest BCUT2D eigenvalue weighted by atomic mass is 10.1. The zero-order chi connectivity index (χ0) is 11.8. The van der Waals surface area contributed by atoms with Crippen molar-refractivity contribution >= 4 is 11.8 Å². The molecule has 1 N–H and O–H groups in total. The summed E-state index contributed by atoms with van der Waals surface area (Å²) in [6.45, 7) is 6.47. The van der Waals surface area contributed by atoms with Gasteiger partial charge >= 0.3 is 0 Å². The lowest BCUT2D eigenvalue weighted by Crippen LogP contribution is -2.14. The van der Waals surface area contributed by atoms with Crippen LogP contribution in [0.15, 0.2) is 18.2 Å². The van der Waals surface area contributed by atoms with Gasteiger partial charge in [-0.05, 0) is 61.9 Å². The number of nitrogens with one attached hydrogen (secondary N) is 1. The van der Waals surface area contributed by atoms with Gasteiger partial charge in [0.15, 0.2) is 0 Å². The molecule has 0 atom stereocenters. The maximum absolute atomic E-state index is 3.50. The minimum absolute atomic E-state index is 1.00. The van der Waals surface area contributed by atoms with E-state index in [1.165, 1.54) is 35.3 Å². The number of rotatable bonds is 7. The summed E-state index contributed by atoms with van der Waals surface area (Å²) in [6.07, 6.45) is 4.77. The molecule has 0 bridgehead atoms. The summed E-state index contributed by atoms with van der Waals surface area (Å²) in [5.41, 5.74) is 4.17. The Balaban J connectivity index is 2.19. The SMILES string of the molecule is CSCCCCNCc1ccc(C)c(C)c1. The van der Waals surface area contributed by atoms with Gasteiger partial charge in [0.2, 0.25) is 0 Å².